The number of nitrogens with zero attached hydrogens (tertiary/aromatic N) is 1. The summed E-state index contributed by atoms with van der Waals surface area (Å²) in [6.07, 6.45) is 3.90. The summed E-state index contributed by atoms with van der Waals surface area (Å²) in [6, 6.07) is 5.28. The summed E-state index contributed by atoms with van der Waals surface area (Å²) in [4.78, 5) is 2.11. The molecule has 4 nitrogen and oxygen atoms in total. The van der Waals surface area contributed by atoms with E-state index in [-0.39, 0.29) is 17.9 Å². The zero-order valence-electron chi connectivity index (χ0n) is 10.8. The van der Waals surface area contributed by atoms with E-state index < -0.39 is 0 Å². The van der Waals surface area contributed by atoms with Crippen molar-refractivity contribution in [1.29, 1.82) is 0 Å². The Balaban J connectivity index is 2.05. The van der Waals surface area contributed by atoms with Gasteiger partial charge >= 0.3 is 0 Å². The van der Waals surface area contributed by atoms with E-state index in [4.69, 9.17) is 5.73 Å². The Morgan fingerprint density at radius 2 is 2.06 bits per heavy atom. The Morgan fingerprint density at radius 3 is 2.78 bits per heavy atom. The van der Waals surface area contributed by atoms with Crippen molar-refractivity contribution in [3.05, 3.63) is 23.8 Å². The second-order valence-corrected chi connectivity index (χ2v) is 5.22. The Labute approximate surface area is 108 Å². The lowest BCUT2D eigenvalue weighted by Gasteiger charge is -2.35. The molecule has 0 aliphatic heterocycles. The van der Waals surface area contributed by atoms with Crippen molar-refractivity contribution in [2.24, 2.45) is 0 Å². The first-order valence-corrected chi connectivity index (χ1v) is 6.53. The van der Waals surface area contributed by atoms with Crippen LogP contribution in [0.4, 0.5) is 5.69 Å². The zero-order chi connectivity index (χ0) is 13.1. The van der Waals surface area contributed by atoms with E-state index in [1.807, 2.05) is 7.05 Å². The first-order valence-electron chi connectivity index (χ1n) is 6.53. The molecular weight excluding hydrogens is 228 g/mol. The molecule has 2 rings (SSSR count). The van der Waals surface area contributed by atoms with E-state index in [0.717, 1.165) is 31.2 Å². The molecule has 18 heavy (non-hydrogen) atoms. The Hall–Kier alpha value is -1.26. The van der Waals surface area contributed by atoms with Crippen LogP contribution in [0.15, 0.2) is 18.2 Å². The molecule has 100 valence electrons. The lowest BCUT2D eigenvalue weighted by Crippen LogP contribution is -2.42. The minimum Gasteiger partial charge on any atom is -0.508 e. The number of hydrogen-bond donors (Lipinski definition) is 3. The highest BCUT2D eigenvalue weighted by Crippen LogP contribution is 2.26. The summed E-state index contributed by atoms with van der Waals surface area (Å²) in [5, 5.41) is 19.8. The fourth-order valence-electron chi connectivity index (χ4n) is 2.72. The topological polar surface area (TPSA) is 69.7 Å². The first kappa shape index (κ1) is 13.2. The second kappa shape index (κ2) is 5.59. The zero-order valence-corrected chi connectivity index (χ0v) is 10.8. The van der Waals surface area contributed by atoms with Crippen molar-refractivity contribution in [3.8, 4) is 5.75 Å². The van der Waals surface area contributed by atoms with E-state index >= 15 is 0 Å². The van der Waals surface area contributed by atoms with Gasteiger partial charge in [0.15, 0.2) is 0 Å². The van der Waals surface area contributed by atoms with Crippen LogP contribution in [0.2, 0.25) is 0 Å². The van der Waals surface area contributed by atoms with Crippen LogP contribution in [-0.4, -0.2) is 34.3 Å². The molecular formula is C14H22N2O2. The van der Waals surface area contributed by atoms with Crippen LogP contribution in [0, 0.1) is 0 Å². The third-order valence-corrected chi connectivity index (χ3v) is 3.78. The van der Waals surface area contributed by atoms with E-state index in [1.54, 1.807) is 18.2 Å². The number of aromatic hydroxyl groups is 1. The average Bonchev–Trinajstić information content (AvgIpc) is 2.34. The van der Waals surface area contributed by atoms with Crippen molar-refractivity contribution in [2.45, 2.75) is 44.4 Å². The molecule has 0 amide bonds. The van der Waals surface area contributed by atoms with Crippen LogP contribution < -0.4 is 5.73 Å². The molecule has 0 aromatic heterocycles. The van der Waals surface area contributed by atoms with Gasteiger partial charge in [0.1, 0.15) is 5.75 Å². The van der Waals surface area contributed by atoms with Crippen LogP contribution in [-0.2, 0) is 6.54 Å². The third-order valence-electron chi connectivity index (χ3n) is 3.78. The van der Waals surface area contributed by atoms with Gasteiger partial charge in [-0.25, -0.2) is 0 Å². The summed E-state index contributed by atoms with van der Waals surface area (Å²) in [7, 11) is 1.99. The minimum absolute atomic E-state index is 0.180. The van der Waals surface area contributed by atoms with Crippen molar-refractivity contribution in [3.63, 3.8) is 0 Å². The normalized spacial score (nSPS) is 24.4. The standard InChI is InChI=1S/C14H22N2O2/c1-16(12-4-2-3-5-14(12)18)9-10-8-11(15)6-7-13(10)17/h6-8,12,14,17-18H,2-5,9,15H2,1H3. The quantitative estimate of drug-likeness (QED) is 0.564. The highest BCUT2D eigenvalue weighted by atomic mass is 16.3. The monoisotopic (exact) mass is 250 g/mol. The number of nitrogens with two attached hydrogens (primary N) is 1. The van der Waals surface area contributed by atoms with Crippen LogP contribution in [0.5, 0.6) is 5.75 Å². The van der Waals surface area contributed by atoms with Gasteiger partial charge in [0.2, 0.25) is 0 Å². The predicted molar refractivity (Wildman–Crippen MR) is 72.2 cm³/mol. The molecule has 4 heteroatoms. The van der Waals surface area contributed by atoms with E-state index in [2.05, 4.69) is 4.90 Å². The van der Waals surface area contributed by atoms with Crippen molar-refractivity contribution in [2.75, 3.05) is 12.8 Å². The molecule has 0 bridgehead atoms. The number of benzene rings is 1. The molecule has 1 aliphatic rings. The molecule has 0 saturated heterocycles. The van der Waals surface area contributed by atoms with Crippen LogP contribution >= 0.6 is 0 Å². The smallest absolute Gasteiger partial charge is 0.120 e. The number of hydrogen-bond acceptors (Lipinski definition) is 4. The number of anilines is 1. The molecule has 1 aliphatic carbocycles. The molecule has 2 unspecified atom stereocenters. The molecule has 1 aromatic carbocycles. The van der Waals surface area contributed by atoms with Gasteiger partial charge < -0.3 is 15.9 Å². The number of phenols is 1. The van der Waals surface area contributed by atoms with E-state index in [1.165, 1.54) is 0 Å². The second-order valence-electron chi connectivity index (χ2n) is 5.22. The summed E-state index contributed by atoms with van der Waals surface area (Å²) < 4.78 is 0. The molecule has 0 spiro atoms. The Kier molecular flexibility index (Phi) is 4.09. The maximum Gasteiger partial charge on any atom is 0.120 e. The van der Waals surface area contributed by atoms with Gasteiger partial charge in [0, 0.05) is 23.8 Å². The molecule has 0 heterocycles. The third kappa shape index (κ3) is 2.94. The predicted octanol–water partition coefficient (Wildman–Crippen LogP) is 1.71. The first-order chi connectivity index (χ1) is 8.58. The number of aliphatic hydroxyl groups excluding tert-OH is 1. The van der Waals surface area contributed by atoms with Gasteiger partial charge in [-0.2, -0.15) is 0 Å². The number of phenolic OH excluding ortho intramolecular Hbond substituents is 1. The molecule has 2 atom stereocenters. The fraction of sp³-hybridized carbons (Fsp3) is 0.571. The number of aliphatic hydroxyl groups is 1. The molecule has 4 N–H and O–H groups in total. The van der Waals surface area contributed by atoms with E-state index in [9.17, 15) is 10.2 Å². The summed E-state index contributed by atoms with van der Waals surface area (Å²) in [5.41, 5.74) is 7.20. The average molecular weight is 250 g/mol. The molecule has 1 saturated carbocycles. The van der Waals surface area contributed by atoms with Gasteiger partial charge in [0.05, 0.1) is 6.10 Å². The summed E-state index contributed by atoms with van der Waals surface area (Å²) in [6.45, 7) is 0.610. The molecule has 1 aromatic rings. The largest absolute Gasteiger partial charge is 0.508 e. The lowest BCUT2D eigenvalue weighted by molar-refractivity contribution is 0.0285. The van der Waals surface area contributed by atoms with Crippen LogP contribution in [0.1, 0.15) is 31.2 Å². The SMILES string of the molecule is CN(Cc1cc(N)ccc1O)C1CCCCC1O. The van der Waals surface area contributed by atoms with Crippen molar-refractivity contribution in [1.82, 2.24) is 4.90 Å². The Morgan fingerprint density at radius 1 is 1.33 bits per heavy atom. The summed E-state index contributed by atoms with van der Waals surface area (Å²) in [5.74, 6) is 0.265. The van der Waals surface area contributed by atoms with Crippen molar-refractivity contribution >= 4 is 5.69 Å². The van der Waals surface area contributed by atoms with Crippen LogP contribution in [0.25, 0.3) is 0 Å². The van der Waals surface area contributed by atoms with Gasteiger partial charge in [-0.15, -0.1) is 0 Å². The van der Waals surface area contributed by atoms with Gasteiger partial charge in [0.25, 0.3) is 0 Å². The number of likely N-dealkylation sites (N-methyl/N-ethyl adjacent to an activating group) is 1. The fourth-order valence-corrected chi connectivity index (χ4v) is 2.72. The number of rotatable bonds is 3. The Bertz CT molecular complexity index is 409. The van der Waals surface area contributed by atoms with Gasteiger partial charge in [-0.1, -0.05) is 12.8 Å². The van der Waals surface area contributed by atoms with Gasteiger partial charge in [-0.3, -0.25) is 4.90 Å². The maximum atomic E-state index is 10.0. The lowest BCUT2D eigenvalue weighted by atomic mass is 9.91. The van der Waals surface area contributed by atoms with E-state index in [0.29, 0.717) is 12.2 Å². The highest BCUT2D eigenvalue weighted by molar-refractivity contribution is 5.47. The molecule has 0 radical (unpaired) electrons. The maximum absolute atomic E-state index is 10.0. The van der Waals surface area contributed by atoms with Crippen molar-refractivity contribution < 1.29 is 10.2 Å². The molecule has 1 fully saturated rings. The highest BCUT2D eigenvalue weighted by Gasteiger charge is 2.26. The summed E-state index contributed by atoms with van der Waals surface area (Å²) >= 11 is 0. The van der Waals surface area contributed by atoms with Gasteiger partial charge in [-0.05, 0) is 38.1 Å². The van der Waals surface area contributed by atoms with Crippen LogP contribution in [0.3, 0.4) is 0 Å². The minimum atomic E-state index is -0.257. The number of nitrogen functional groups attached to an aromatic ring is 1.